The van der Waals surface area contributed by atoms with Crippen molar-refractivity contribution < 1.29 is 19.1 Å². The third kappa shape index (κ3) is 3.66. The average molecular weight is 468 g/mol. The highest BCUT2D eigenvalue weighted by atomic mass is 35.5. The highest BCUT2D eigenvalue weighted by molar-refractivity contribution is 6.35. The van der Waals surface area contributed by atoms with E-state index in [-0.39, 0.29) is 23.4 Å². The summed E-state index contributed by atoms with van der Waals surface area (Å²) >= 11 is 6.37. The Labute approximate surface area is 194 Å². The summed E-state index contributed by atoms with van der Waals surface area (Å²) < 4.78 is 15.8. The van der Waals surface area contributed by atoms with E-state index in [0.29, 0.717) is 23.0 Å². The van der Waals surface area contributed by atoms with Gasteiger partial charge in [-0.3, -0.25) is 9.59 Å². The van der Waals surface area contributed by atoms with Crippen molar-refractivity contribution in [3.05, 3.63) is 64.7 Å². The van der Waals surface area contributed by atoms with Gasteiger partial charge in [-0.2, -0.15) is 0 Å². The first-order chi connectivity index (χ1) is 15.8. The quantitative estimate of drug-likeness (QED) is 0.352. The topological polar surface area (TPSA) is 87.1 Å². The molecule has 0 unspecified atom stereocenters. The lowest BCUT2D eigenvalue weighted by Crippen LogP contribution is -2.30. The molecule has 0 saturated heterocycles. The molecule has 1 aliphatic carbocycles. The van der Waals surface area contributed by atoms with Crippen LogP contribution in [-0.4, -0.2) is 26.5 Å². The molecule has 2 aromatic carbocycles. The summed E-state index contributed by atoms with van der Waals surface area (Å²) in [6.45, 7) is 1.55. The molecule has 5 rings (SSSR count). The van der Waals surface area contributed by atoms with Crippen molar-refractivity contribution in [1.82, 2.24) is 9.55 Å². The van der Waals surface area contributed by atoms with Gasteiger partial charge in [0, 0.05) is 40.0 Å². The molecule has 1 aliphatic rings. The number of nitrogens with zero attached hydrogens (tertiary/aromatic N) is 1. The Morgan fingerprint density at radius 1 is 1.30 bits per heavy atom. The lowest BCUT2D eigenvalue weighted by atomic mass is 9.79. The van der Waals surface area contributed by atoms with Gasteiger partial charge in [-0.05, 0) is 43.0 Å². The molecule has 0 fully saturated rings. The van der Waals surface area contributed by atoms with E-state index in [0.717, 1.165) is 35.0 Å². The minimum absolute atomic E-state index is 0.151. The van der Waals surface area contributed by atoms with Crippen molar-refractivity contribution in [2.45, 2.75) is 38.6 Å². The second-order valence-electron chi connectivity index (χ2n) is 8.65. The van der Waals surface area contributed by atoms with E-state index in [2.05, 4.69) is 10.3 Å². The van der Waals surface area contributed by atoms with Crippen molar-refractivity contribution in [2.24, 2.45) is 5.92 Å². The van der Waals surface area contributed by atoms with Crippen LogP contribution in [-0.2, 0) is 22.6 Å². The summed E-state index contributed by atoms with van der Waals surface area (Å²) in [5.41, 5.74) is 3.80. The number of para-hydroxylation sites is 1. The maximum absolute atomic E-state index is 14.2. The van der Waals surface area contributed by atoms with Crippen molar-refractivity contribution in [2.75, 3.05) is 5.32 Å². The van der Waals surface area contributed by atoms with E-state index in [1.807, 2.05) is 31.2 Å². The van der Waals surface area contributed by atoms with E-state index in [1.54, 1.807) is 10.8 Å². The van der Waals surface area contributed by atoms with Crippen molar-refractivity contribution in [3.63, 3.8) is 0 Å². The number of hydrogen-bond acceptors (Lipinski definition) is 2. The molecule has 4 aromatic rings. The number of carboxylic acids is 1. The molecule has 0 bridgehead atoms. The van der Waals surface area contributed by atoms with Gasteiger partial charge in [0.15, 0.2) is 0 Å². The van der Waals surface area contributed by atoms with E-state index >= 15 is 0 Å². The molecule has 2 atom stereocenters. The monoisotopic (exact) mass is 467 g/mol. The van der Waals surface area contributed by atoms with Gasteiger partial charge in [0.25, 0.3) is 0 Å². The molecule has 0 aliphatic heterocycles. The molecular formula is C25H23ClFN3O3. The predicted octanol–water partition coefficient (Wildman–Crippen LogP) is 5.69. The van der Waals surface area contributed by atoms with Gasteiger partial charge in [0.05, 0.1) is 16.2 Å². The number of carbonyl (C=O) groups is 2. The largest absolute Gasteiger partial charge is 0.480 e. The second-order valence-corrected chi connectivity index (χ2v) is 9.06. The van der Waals surface area contributed by atoms with Gasteiger partial charge in [0.1, 0.15) is 12.4 Å². The Bertz CT molecular complexity index is 1410. The second kappa shape index (κ2) is 8.23. The Hall–Kier alpha value is -3.32. The maximum atomic E-state index is 14.2. The Kier molecular flexibility index (Phi) is 5.37. The highest BCUT2D eigenvalue weighted by Gasteiger charge is 2.35. The number of amides is 1. The molecule has 0 saturated carbocycles. The number of aliphatic carboxylic acids is 1. The van der Waals surface area contributed by atoms with Crippen molar-refractivity contribution >= 4 is 51.0 Å². The van der Waals surface area contributed by atoms with Gasteiger partial charge >= 0.3 is 5.97 Å². The summed E-state index contributed by atoms with van der Waals surface area (Å²) in [5.74, 6) is -2.28. The minimum atomic E-state index is -1.02. The molecule has 33 heavy (non-hydrogen) atoms. The number of benzene rings is 2. The SMILES string of the molecule is C[C@H](C(=O)Nc1c[nH]c2ccccc12)[C@@H]1CCCc2c1n(CC(=O)O)c1c(Cl)cc(F)cc21. The van der Waals surface area contributed by atoms with Gasteiger partial charge in [-0.15, -0.1) is 0 Å². The lowest BCUT2D eigenvalue weighted by molar-refractivity contribution is -0.137. The summed E-state index contributed by atoms with van der Waals surface area (Å²) in [7, 11) is 0. The third-order valence-corrected chi connectivity index (χ3v) is 6.96. The van der Waals surface area contributed by atoms with Crippen LogP contribution in [0.4, 0.5) is 10.1 Å². The van der Waals surface area contributed by atoms with Gasteiger partial charge in [-0.25, -0.2) is 4.39 Å². The Morgan fingerprint density at radius 2 is 2.09 bits per heavy atom. The zero-order valence-electron chi connectivity index (χ0n) is 18.0. The number of carboxylic acid groups (broad SMARTS) is 1. The normalized spacial score (nSPS) is 16.6. The molecule has 8 heteroatoms. The first kappa shape index (κ1) is 21.5. The van der Waals surface area contributed by atoms with E-state index < -0.39 is 17.7 Å². The Morgan fingerprint density at radius 3 is 2.88 bits per heavy atom. The van der Waals surface area contributed by atoms with E-state index in [9.17, 15) is 19.1 Å². The van der Waals surface area contributed by atoms with Gasteiger partial charge in [-0.1, -0.05) is 36.7 Å². The van der Waals surface area contributed by atoms with Crippen LogP contribution in [0.2, 0.25) is 5.02 Å². The molecule has 3 N–H and O–H groups in total. The summed E-state index contributed by atoms with van der Waals surface area (Å²) in [6.07, 6.45) is 4.01. The molecule has 0 spiro atoms. The number of rotatable bonds is 5. The van der Waals surface area contributed by atoms with Gasteiger partial charge in [0.2, 0.25) is 5.91 Å². The molecule has 6 nitrogen and oxygen atoms in total. The van der Waals surface area contributed by atoms with E-state index in [1.165, 1.54) is 12.1 Å². The number of nitrogens with one attached hydrogen (secondary N) is 2. The van der Waals surface area contributed by atoms with Crippen molar-refractivity contribution in [3.8, 4) is 0 Å². The fourth-order valence-corrected chi connectivity index (χ4v) is 5.51. The highest BCUT2D eigenvalue weighted by Crippen LogP contribution is 2.44. The number of aromatic amines is 1. The van der Waals surface area contributed by atoms with Crippen LogP contribution in [0, 0.1) is 11.7 Å². The smallest absolute Gasteiger partial charge is 0.323 e. The predicted molar refractivity (Wildman–Crippen MR) is 126 cm³/mol. The summed E-state index contributed by atoms with van der Waals surface area (Å²) in [6, 6.07) is 10.3. The van der Waals surface area contributed by atoms with Crippen LogP contribution < -0.4 is 5.32 Å². The molecule has 1 amide bonds. The van der Waals surface area contributed by atoms with Crippen LogP contribution in [0.15, 0.2) is 42.6 Å². The fourth-order valence-electron chi connectivity index (χ4n) is 5.20. The summed E-state index contributed by atoms with van der Waals surface area (Å²) in [4.78, 5) is 28.1. The zero-order valence-corrected chi connectivity index (χ0v) is 18.7. The number of carbonyl (C=O) groups excluding carboxylic acids is 1. The number of H-pyrrole nitrogens is 1. The maximum Gasteiger partial charge on any atom is 0.323 e. The van der Waals surface area contributed by atoms with Crippen molar-refractivity contribution in [1.29, 1.82) is 0 Å². The number of halogens is 2. The minimum Gasteiger partial charge on any atom is -0.480 e. The first-order valence-corrected chi connectivity index (χ1v) is 11.3. The fraction of sp³-hybridized carbons (Fsp3) is 0.280. The molecular weight excluding hydrogens is 445 g/mol. The number of anilines is 1. The molecule has 0 radical (unpaired) electrons. The molecule has 2 aromatic heterocycles. The third-order valence-electron chi connectivity index (χ3n) is 6.67. The summed E-state index contributed by atoms with van der Waals surface area (Å²) in [5, 5.41) is 14.3. The lowest BCUT2D eigenvalue weighted by Gasteiger charge is -2.29. The standard InChI is InChI=1S/C25H23ClFN3O3/c1-13(25(33)29-21-11-28-20-8-3-2-5-17(20)21)15-6-4-7-16-18-9-14(27)10-19(26)24(18)30(23(15)16)12-22(31)32/h2-3,5,8-11,13,15,28H,4,6-7,12H2,1H3,(H,29,33)(H,31,32)/t13-,15-/m0/s1. The first-order valence-electron chi connectivity index (χ1n) is 10.9. The van der Waals surface area contributed by atoms with Crippen LogP contribution in [0.25, 0.3) is 21.8 Å². The number of aryl methyl sites for hydroxylation is 1. The zero-order chi connectivity index (χ0) is 23.3. The van der Waals surface area contributed by atoms with Gasteiger partial charge < -0.3 is 20.0 Å². The van der Waals surface area contributed by atoms with Crippen LogP contribution in [0.1, 0.15) is 36.9 Å². The number of fused-ring (bicyclic) bond motifs is 4. The van der Waals surface area contributed by atoms with Crippen LogP contribution in [0.5, 0.6) is 0 Å². The molecule has 2 heterocycles. The Balaban J connectivity index is 1.56. The van der Waals surface area contributed by atoms with Crippen LogP contribution >= 0.6 is 11.6 Å². The van der Waals surface area contributed by atoms with E-state index in [4.69, 9.17) is 11.6 Å². The number of aromatic nitrogens is 2. The molecule has 170 valence electrons. The number of hydrogen-bond donors (Lipinski definition) is 3. The van der Waals surface area contributed by atoms with Crippen LogP contribution in [0.3, 0.4) is 0 Å². The average Bonchev–Trinajstić information content (AvgIpc) is 3.32.